The van der Waals surface area contributed by atoms with Crippen LogP contribution in [0.4, 0.5) is 4.39 Å². The van der Waals surface area contributed by atoms with Crippen molar-refractivity contribution < 1.29 is 13.9 Å². The van der Waals surface area contributed by atoms with Gasteiger partial charge in [0.1, 0.15) is 11.6 Å². The first-order valence-electron chi connectivity index (χ1n) is 11.4. The molecule has 1 saturated heterocycles. The van der Waals surface area contributed by atoms with E-state index in [1.807, 2.05) is 36.4 Å². The van der Waals surface area contributed by atoms with Gasteiger partial charge in [0.25, 0.3) is 0 Å². The van der Waals surface area contributed by atoms with Gasteiger partial charge in [-0.25, -0.2) is 4.39 Å². The Kier molecular flexibility index (Phi) is 7.68. The van der Waals surface area contributed by atoms with Gasteiger partial charge in [0, 0.05) is 24.0 Å². The van der Waals surface area contributed by atoms with Gasteiger partial charge in [-0.2, -0.15) is 0 Å². The van der Waals surface area contributed by atoms with E-state index >= 15 is 0 Å². The Balaban J connectivity index is 1.25. The Morgan fingerprint density at radius 1 is 1.09 bits per heavy atom. The minimum absolute atomic E-state index is 0.148. The molecule has 0 radical (unpaired) electrons. The number of amides is 1. The second-order valence-electron chi connectivity index (χ2n) is 8.70. The van der Waals surface area contributed by atoms with Gasteiger partial charge in [0.05, 0.1) is 13.0 Å². The van der Waals surface area contributed by atoms with E-state index in [1.165, 1.54) is 25.0 Å². The highest BCUT2D eigenvalue weighted by molar-refractivity contribution is 5.78. The highest BCUT2D eigenvalue weighted by Gasteiger charge is 2.17. The summed E-state index contributed by atoms with van der Waals surface area (Å²) in [5, 5.41) is 2.80. The van der Waals surface area contributed by atoms with Crippen LogP contribution in [0.5, 0.6) is 5.75 Å². The summed E-state index contributed by atoms with van der Waals surface area (Å²) < 4.78 is 19.2. The molecule has 0 bridgehead atoms. The topological polar surface area (TPSA) is 54.5 Å². The van der Waals surface area contributed by atoms with Crippen molar-refractivity contribution in [1.29, 1.82) is 0 Å². The molecular formula is C27H30FN3O2. The van der Waals surface area contributed by atoms with E-state index in [0.29, 0.717) is 18.2 Å². The quantitative estimate of drug-likeness (QED) is 0.554. The first-order chi connectivity index (χ1) is 16.0. The van der Waals surface area contributed by atoms with Crippen LogP contribution < -0.4 is 10.1 Å². The summed E-state index contributed by atoms with van der Waals surface area (Å²) in [6, 6.07) is 18.1. The summed E-state index contributed by atoms with van der Waals surface area (Å²) in [6.45, 7) is 3.35. The summed E-state index contributed by atoms with van der Waals surface area (Å²) in [5.41, 5.74) is 3.45. The van der Waals surface area contributed by atoms with Crippen molar-refractivity contribution >= 4 is 5.91 Å². The van der Waals surface area contributed by atoms with E-state index in [9.17, 15) is 9.18 Å². The number of ether oxygens (including phenoxy) is 1. The lowest BCUT2D eigenvalue weighted by Crippen LogP contribution is -2.32. The standard InChI is InChI=1S/C27H30FN3O2/c1-31-13-11-20(12-14-31)19-33-26-9-6-22(7-10-26)23-5-8-25(29-18-23)16-27(32)30-17-21-3-2-4-24(28)15-21/h2-10,15,18,20H,11-14,16-17,19H2,1H3,(H,30,32). The summed E-state index contributed by atoms with van der Waals surface area (Å²) >= 11 is 0. The van der Waals surface area contributed by atoms with Crippen molar-refractivity contribution in [3.63, 3.8) is 0 Å². The fraction of sp³-hybridized carbons (Fsp3) is 0.333. The van der Waals surface area contributed by atoms with Gasteiger partial charge in [0.15, 0.2) is 0 Å². The number of carbonyl (C=O) groups is 1. The van der Waals surface area contributed by atoms with Crippen LogP contribution in [0.3, 0.4) is 0 Å². The molecule has 2 heterocycles. The Labute approximate surface area is 194 Å². The van der Waals surface area contributed by atoms with Gasteiger partial charge in [-0.3, -0.25) is 9.78 Å². The minimum atomic E-state index is -0.309. The fourth-order valence-electron chi connectivity index (χ4n) is 3.96. The van der Waals surface area contributed by atoms with E-state index < -0.39 is 0 Å². The number of hydrogen-bond donors (Lipinski definition) is 1. The largest absolute Gasteiger partial charge is 0.493 e. The van der Waals surface area contributed by atoms with E-state index in [0.717, 1.165) is 42.1 Å². The molecule has 3 aromatic rings. The highest BCUT2D eigenvalue weighted by Crippen LogP contribution is 2.23. The van der Waals surface area contributed by atoms with E-state index in [4.69, 9.17) is 4.74 Å². The van der Waals surface area contributed by atoms with E-state index in [1.54, 1.807) is 18.3 Å². The van der Waals surface area contributed by atoms with Crippen LogP contribution in [0.2, 0.25) is 0 Å². The fourth-order valence-corrected chi connectivity index (χ4v) is 3.96. The van der Waals surface area contributed by atoms with Gasteiger partial charge in [-0.1, -0.05) is 30.3 Å². The van der Waals surface area contributed by atoms with E-state index in [2.05, 4.69) is 22.2 Å². The Morgan fingerprint density at radius 2 is 1.85 bits per heavy atom. The van der Waals surface area contributed by atoms with Gasteiger partial charge in [-0.15, -0.1) is 0 Å². The van der Waals surface area contributed by atoms with Crippen molar-refractivity contribution in [2.24, 2.45) is 5.92 Å². The number of carbonyl (C=O) groups excluding carboxylic acids is 1. The number of piperidine rings is 1. The Bertz CT molecular complexity index is 1050. The van der Waals surface area contributed by atoms with Crippen LogP contribution in [0, 0.1) is 11.7 Å². The summed E-state index contributed by atoms with van der Waals surface area (Å²) in [4.78, 5) is 19.0. The molecule has 2 aromatic carbocycles. The molecule has 0 spiro atoms. The molecule has 5 nitrogen and oxygen atoms in total. The maximum Gasteiger partial charge on any atom is 0.226 e. The molecule has 33 heavy (non-hydrogen) atoms. The first kappa shape index (κ1) is 22.9. The van der Waals surface area contributed by atoms with Crippen molar-refractivity contribution in [2.75, 3.05) is 26.7 Å². The van der Waals surface area contributed by atoms with Gasteiger partial charge in [-0.05, 0) is 80.4 Å². The molecule has 0 saturated carbocycles. The second kappa shape index (κ2) is 11.1. The number of pyridine rings is 1. The van der Waals surface area contributed by atoms with Crippen LogP contribution in [0.25, 0.3) is 11.1 Å². The van der Waals surface area contributed by atoms with Crippen molar-refractivity contribution in [3.05, 3.63) is 83.9 Å². The Morgan fingerprint density at radius 3 is 2.55 bits per heavy atom. The molecule has 172 valence electrons. The maximum absolute atomic E-state index is 13.2. The number of hydrogen-bond acceptors (Lipinski definition) is 4. The monoisotopic (exact) mass is 447 g/mol. The zero-order chi connectivity index (χ0) is 23.0. The van der Waals surface area contributed by atoms with Crippen LogP contribution in [0.15, 0.2) is 66.9 Å². The minimum Gasteiger partial charge on any atom is -0.493 e. The molecule has 0 aliphatic carbocycles. The maximum atomic E-state index is 13.2. The molecule has 6 heteroatoms. The van der Waals surface area contributed by atoms with Crippen molar-refractivity contribution in [3.8, 4) is 16.9 Å². The van der Waals surface area contributed by atoms with Crippen LogP contribution >= 0.6 is 0 Å². The molecule has 0 atom stereocenters. The lowest BCUT2D eigenvalue weighted by atomic mass is 9.98. The highest BCUT2D eigenvalue weighted by atomic mass is 19.1. The first-order valence-corrected chi connectivity index (χ1v) is 11.4. The molecule has 0 unspecified atom stereocenters. The lowest BCUT2D eigenvalue weighted by Gasteiger charge is -2.28. The zero-order valence-corrected chi connectivity index (χ0v) is 19.0. The molecule has 1 amide bonds. The van der Waals surface area contributed by atoms with Crippen LogP contribution in [0.1, 0.15) is 24.1 Å². The number of likely N-dealkylation sites (tertiary alicyclic amines) is 1. The number of halogens is 1. The smallest absolute Gasteiger partial charge is 0.226 e. The number of nitrogens with one attached hydrogen (secondary N) is 1. The van der Waals surface area contributed by atoms with Crippen LogP contribution in [-0.2, 0) is 17.8 Å². The molecule has 1 aliphatic heterocycles. The number of nitrogens with zero attached hydrogens (tertiary/aromatic N) is 2. The van der Waals surface area contributed by atoms with E-state index in [-0.39, 0.29) is 18.1 Å². The summed E-state index contributed by atoms with van der Waals surface area (Å²) in [6.07, 6.45) is 4.34. The third-order valence-electron chi connectivity index (χ3n) is 6.06. The van der Waals surface area contributed by atoms with Crippen LogP contribution in [-0.4, -0.2) is 42.5 Å². The third-order valence-corrected chi connectivity index (χ3v) is 6.06. The molecular weight excluding hydrogens is 417 g/mol. The third kappa shape index (κ3) is 6.86. The molecule has 1 aromatic heterocycles. The SMILES string of the molecule is CN1CCC(COc2ccc(-c3ccc(CC(=O)NCc4cccc(F)c4)nc3)cc2)CC1. The Hall–Kier alpha value is -3.25. The number of rotatable bonds is 8. The molecule has 1 N–H and O–H groups in total. The predicted molar refractivity (Wildman–Crippen MR) is 127 cm³/mol. The van der Waals surface area contributed by atoms with Crippen molar-refractivity contribution in [1.82, 2.24) is 15.2 Å². The second-order valence-corrected chi connectivity index (χ2v) is 8.70. The molecule has 1 fully saturated rings. The normalized spacial score (nSPS) is 14.7. The number of aromatic nitrogens is 1. The predicted octanol–water partition coefficient (Wildman–Crippen LogP) is 4.47. The molecule has 1 aliphatic rings. The van der Waals surface area contributed by atoms with Crippen molar-refractivity contribution in [2.45, 2.75) is 25.8 Å². The van der Waals surface area contributed by atoms with Gasteiger partial charge < -0.3 is 15.0 Å². The average Bonchev–Trinajstić information content (AvgIpc) is 2.83. The summed E-state index contributed by atoms with van der Waals surface area (Å²) in [5.74, 6) is 1.06. The zero-order valence-electron chi connectivity index (χ0n) is 19.0. The average molecular weight is 448 g/mol. The molecule has 4 rings (SSSR count). The van der Waals surface area contributed by atoms with Gasteiger partial charge >= 0.3 is 0 Å². The lowest BCUT2D eigenvalue weighted by molar-refractivity contribution is -0.120. The summed E-state index contributed by atoms with van der Waals surface area (Å²) in [7, 11) is 2.17. The van der Waals surface area contributed by atoms with Gasteiger partial charge in [0.2, 0.25) is 5.91 Å². The number of benzene rings is 2.